The van der Waals surface area contributed by atoms with E-state index in [0.717, 1.165) is 0 Å². The van der Waals surface area contributed by atoms with Gasteiger partial charge in [-0.2, -0.15) is 0 Å². The van der Waals surface area contributed by atoms with Crippen molar-refractivity contribution in [3.8, 4) is 0 Å². The number of aromatic nitrogens is 1. The van der Waals surface area contributed by atoms with Crippen LogP contribution in [-0.4, -0.2) is 9.91 Å². The minimum atomic E-state index is -0.463. The zero-order valence-electron chi connectivity index (χ0n) is 6.94. The van der Waals surface area contributed by atoms with Crippen LogP contribution in [0.2, 0.25) is 0 Å². The van der Waals surface area contributed by atoms with E-state index in [-0.39, 0.29) is 5.69 Å². The van der Waals surface area contributed by atoms with Crippen molar-refractivity contribution in [2.24, 2.45) is 0 Å². The van der Waals surface area contributed by atoms with Gasteiger partial charge in [-0.15, -0.1) is 0 Å². The Kier molecular flexibility index (Phi) is 2.20. The largest absolute Gasteiger partial charge is 0.440 e. The maximum absolute atomic E-state index is 10.5. The first kappa shape index (κ1) is 9.14. The van der Waals surface area contributed by atoms with Crippen molar-refractivity contribution in [3.63, 3.8) is 0 Å². The lowest BCUT2D eigenvalue weighted by Crippen LogP contribution is -1.86. The van der Waals surface area contributed by atoms with E-state index in [9.17, 15) is 10.1 Å². The average molecular weight is 257 g/mol. The van der Waals surface area contributed by atoms with Crippen LogP contribution in [0.1, 0.15) is 5.89 Å². The highest BCUT2D eigenvalue weighted by molar-refractivity contribution is 9.08. The monoisotopic (exact) mass is 256 g/mol. The van der Waals surface area contributed by atoms with Crippen LogP contribution in [0.5, 0.6) is 0 Å². The molecule has 0 fully saturated rings. The van der Waals surface area contributed by atoms with E-state index in [1.54, 1.807) is 6.07 Å². The molecule has 1 aromatic heterocycles. The van der Waals surface area contributed by atoms with Crippen LogP contribution in [0.25, 0.3) is 11.1 Å². The Morgan fingerprint density at radius 2 is 2.36 bits per heavy atom. The van der Waals surface area contributed by atoms with Crippen molar-refractivity contribution < 1.29 is 9.34 Å². The number of nitro benzene ring substituents is 1. The minimum Gasteiger partial charge on any atom is -0.440 e. The highest BCUT2D eigenvalue weighted by Gasteiger charge is 2.10. The van der Waals surface area contributed by atoms with Gasteiger partial charge in [0.25, 0.3) is 5.69 Å². The maximum atomic E-state index is 10.5. The molecule has 1 heterocycles. The summed E-state index contributed by atoms with van der Waals surface area (Å²) in [5.74, 6) is 0.514. The van der Waals surface area contributed by atoms with Gasteiger partial charge < -0.3 is 4.42 Å². The normalized spacial score (nSPS) is 10.6. The first-order valence-electron chi connectivity index (χ1n) is 3.80. The molecule has 0 N–H and O–H groups in total. The molecular formula is C8H5BrN2O3. The van der Waals surface area contributed by atoms with Crippen molar-refractivity contribution in [1.29, 1.82) is 0 Å². The molecular weight excluding hydrogens is 252 g/mol. The molecule has 0 aliphatic rings. The number of hydrogen-bond acceptors (Lipinski definition) is 4. The van der Waals surface area contributed by atoms with E-state index in [1.165, 1.54) is 12.1 Å². The molecule has 0 bridgehead atoms. The van der Waals surface area contributed by atoms with Crippen molar-refractivity contribution in [2.75, 3.05) is 0 Å². The quantitative estimate of drug-likeness (QED) is 0.471. The van der Waals surface area contributed by atoms with Crippen molar-refractivity contribution in [2.45, 2.75) is 5.33 Å². The molecule has 0 aliphatic carbocycles. The summed E-state index contributed by atoms with van der Waals surface area (Å²) in [6.07, 6.45) is 0. The molecule has 5 nitrogen and oxygen atoms in total. The Morgan fingerprint density at radius 1 is 1.57 bits per heavy atom. The fraction of sp³-hybridized carbons (Fsp3) is 0.125. The second kappa shape index (κ2) is 3.38. The summed E-state index contributed by atoms with van der Waals surface area (Å²) in [5.41, 5.74) is 1.08. The van der Waals surface area contributed by atoms with Crippen LogP contribution in [0, 0.1) is 10.1 Å². The summed E-state index contributed by atoms with van der Waals surface area (Å²) in [6, 6.07) is 4.35. The summed E-state index contributed by atoms with van der Waals surface area (Å²) < 4.78 is 5.25. The van der Waals surface area contributed by atoms with Gasteiger partial charge in [0.1, 0.15) is 5.52 Å². The molecule has 0 radical (unpaired) electrons. The molecule has 0 spiro atoms. The third-order valence-electron chi connectivity index (χ3n) is 1.74. The molecule has 2 aromatic rings. The average Bonchev–Trinajstić information content (AvgIpc) is 2.58. The van der Waals surface area contributed by atoms with Gasteiger partial charge in [-0.1, -0.05) is 15.9 Å². The number of fused-ring (bicyclic) bond motifs is 1. The maximum Gasteiger partial charge on any atom is 0.273 e. The zero-order chi connectivity index (χ0) is 10.1. The SMILES string of the molecule is O=[N+]([O-])c1ccc2nc(CBr)oc2c1. The minimum absolute atomic E-state index is 0.00905. The van der Waals surface area contributed by atoms with Gasteiger partial charge in [-0.3, -0.25) is 10.1 Å². The Bertz CT molecular complexity index is 494. The van der Waals surface area contributed by atoms with Crippen molar-refractivity contribution >= 4 is 32.7 Å². The van der Waals surface area contributed by atoms with Crippen molar-refractivity contribution in [3.05, 3.63) is 34.2 Å². The Labute approximate surface area is 87.0 Å². The highest BCUT2D eigenvalue weighted by atomic mass is 79.9. The number of alkyl halides is 1. The van der Waals surface area contributed by atoms with Crippen molar-refractivity contribution in [1.82, 2.24) is 4.98 Å². The summed E-state index contributed by atoms with van der Waals surface area (Å²) in [7, 11) is 0. The van der Waals surface area contributed by atoms with Crippen LogP contribution >= 0.6 is 15.9 Å². The summed E-state index contributed by atoms with van der Waals surface area (Å²) in [5, 5.41) is 11.0. The third-order valence-corrected chi connectivity index (χ3v) is 2.22. The van der Waals surface area contributed by atoms with Crippen LogP contribution < -0.4 is 0 Å². The molecule has 0 saturated carbocycles. The number of hydrogen-bond donors (Lipinski definition) is 0. The highest BCUT2D eigenvalue weighted by Crippen LogP contribution is 2.22. The Morgan fingerprint density at radius 3 is 3.00 bits per heavy atom. The number of nitrogens with zero attached hydrogens (tertiary/aromatic N) is 2. The summed E-state index contributed by atoms with van der Waals surface area (Å²) in [6.45, 7) is 0. The topological polar surface area (TPSA) is 69.2 Å². The van der Waals surface area contributed by atoms with Gasteiger partial charge in [-0.25, -0.2) is 4.98 Å². The molecule has 72 valence electrons. The van der Waals surface area contributed by atoms with Gasteiger partial charge >= 0.3 is 0 Å². The van der Waals surface area contributed by atoms with E-state index in [0.29, 0.717) is 22.3 Å². The van der Waals surface area contributed by atoms with Gasteiger partial charge in [0.15, 0.2) is 5.58 Å². The van der Waals surface area contributed by atoms with E-state index in [2.05, 4.69) is 20.9 Å². The van der Waals surface area contributed by atoms with E-state index in [1.807, 2.05) is 0 Å². The molecule has 14 heavy (non-hydrogen) atoms. The van der Waals surface area contributed by atoms with Gasteiger partial charge in [-0.05, 0) is 6.07 Å². The lowest BCUT2D eigenvalue weighted by molar-refractivity contribution is -0.384. The standard InChI is InChI=1S/C8H5BrN2O3/c9-4-8-10-6-2-1-5(11(12)13)3-7(6)14-8/h1-3H,4H2. The fourth-order valence-electron chi connectivity index (χ4n) is 1.13. The van der Waals surface area contributed by atoms with Gasteiger partial charge in [0.05, 0.1) is 16.3 Å². The number of oxazole rings is 1. The summed E-state index contributed by atoms with van der Waals surface area (Å²) >= 11 is 3.19. The second-order valence-corrected chi connectivity index (χ2v) is 3.21. The van der Waals surface area contributed by atoms with Crippen LogP contribution in [0.15, 0.2) is 22.6 Å². The molecule has 1 aromatic carbocycles. The number of halogens is 1. The Hall–Kier alpha value is -1.43. The Balaban J connectivity index is 2.59. The zero-order valence-corrected chi connectivity index (χ0v) is 8.52. The predicted molar refractivity (Wildman–Crippen MR) is 53.3 cm³/mol. The predicted octanol–water partition coefficient (Wildman–Crippen LogP) is 2.63. The molecule has 0 amide bonds. The third kappa shape index (κ3) is 1.48. The molecule has 0 aliphatic heterocycles. The van der Waals surface area contributed by atoms with Gasteiger partial charge in [0, 0.05) is 6.07 Å². The molecule has 6 heteroatoms. The molecule has 2 rings (SSSR count). The molecule has 0 unspecified atom stereocenters. The van der Waals surface area contributed by atoms with Crippen LogP contribution in [-0.2, 0) is 5.33 Å². The molecule has 0 atom stereocenters. The van der Waals surface area contributed by atoms with Crippen LogP contribution in [0.4, 0.5) is 5.69 Å². The van der Waals surface area contributed by atoms with E-state index in [4.69, 9.17) is 4.42 Å². The number of benzene rings is 1. The number of non-ortho nitro benzene ring substituents is 1. The number of nitro groups is 1. The second-order valence-electron chi connectivity index (χ2n) is 2.65. The van der Waals surface area contributed by atoms with E-state index < -0.39 is 4.92 Å². The fourth-order valence-corrected chi connectivity index (χ4v) is 1.37. The first-order valence-corrected chi connectivity index (χ1v) is 4.92. The summed E-state index contributed by atoms with van der Waals surface area (Å²) in [4.78, 5) is 14.1. The smallest absolute Gasteiger partial charge is 0.273 e. The number of rotatable bonds is 2. The van der Waals surface area contributed by atoms with Crippen LogP contribution in [0.3, 0.4) is 0 Å². The molecule has 0 saturated heterocycles. The first-order chi connectivity index (χ1) is 6.70. The lowest BCUT2D eigenvalue weighted by atomic mass is 10.3. The van der Waals surface area contributed by atoms with Gasteiger partial charge in [0.2, 0.25) is 5.89 Å². The lowest BCUT2D eigenvalue weighted by Gasteiger charge is -1.88. The van der Waals surface area contributed by atoms with E-state index >= 15 is 0 Å².